The molecular weight excluding hydrogens is 252 g/mol. The standard InChI is InChI=1S/C12H26N2O3S/c1-10-6-5-7-12(15,8-10)9-13-18(16,17)14-11(2,3)4/h10,13-15H,5-9H2,1-4H3. The maximum Gasteiger partial charge on any atom is 0.277 e. The summed E-state index contributed by atoms with van der Waals surface area (Å²) in [4.78, 5) is 0. The molecule has 1 saturated carbocycles. The first-order chi connectivity index (χ1) is 8.02. The van der Waals surface area contributed by atoms with Gasteiger partial charge in [-0.2, -0.15) is 17.9 Å². The van der Waals surface area contributed by atoms with Gasteiger partial charge >= 0.3 is 0 Å². The highest BCUT2D eigenvalue weighted by atomic mass is 32.2. The molecule has 1 aliphatic carbocycles. The van der Waals surface area contributed by atoms with Gasteiger partial charge in [0.05, 0.1) is 5.60 Å². The van der Waals surface area contributed by atoms with Crippen LogP contribution in [0.15, 0.2) is 0 Å². The number of rotatable bonds is 4. The number of hydrogen-bond donors (Lipinski definition) is 3. The zero-order valence-electron chi connectivity index (χ0n) is 11.8. The van der Waals surface area contributed by atoms with E-state index in [1.807, 2.05) is 0 Å². The summed E-state index contributed by atoms with van der Waals surface area (Å²) >= 11 is 0. The molecule has 0 aromatic carbocycles. The molecule has 0 bridgehead atoms. The third-order valence-corrected chi connectivity index (χ3v) is 4.50. The summed E-state index contributed by atoms with van der Waals surface area (Å²) in [5, 5.41) is 10.3. The first-order valence-electron chi connectivity index (χ1n) is 6.52. The van der Waals surface area contributed by atoms with E-state index in [1.165, 1.54) is 0 Å². The van der Waals surface area contributed by atoms with Gasteiger partial charge < -0.3 is 5.11 Å². The van der Waals surface area contributed by atoms with Crippen molar-refractivity contribution in [1.82, 2.24) is 9.44 Å². The predicted octanol–water partition coefficient (Wildman–Crippen LogP) is 1.15. The first-order valence-corrected chi connectivity index (χ1v) is 8.01. The maximum absolute atomic E-state index is 11.8. The van der Waals surface area contributed by atoms with E-state index in [9.17, 15) is 13.5 Å². The monoisotopic (exact) mass is 278 g/mol. The van der Waals surface area contributed by atoms with Crippen molar-refractivity contribution >= 4 is 10.2 Å². The van der Waals surface area contributed by atoms with Crippen LogP contribution in [0.4, 0.5) is 0 Å². The van der Waals surface area contributed by atoms with Gasteiger partial charge in [0.25, 0.3) is 10.2 Å². The van der Waals surface area contributed by atoms with Crippen LogP contribution in [-0.2, 0) is 10.2 Å². The van der Waals surface area contributed by atoms with E-state index in [0.29, 0.717) is 18.8 Å². The molecule has 0 heterocycles. The minimum absolute atomic E-state index is 0.0861. The highest BCUT2D eigenvalue weighted by Crippen LogP contribution is 2.31. The van der Waals surface area contributed by atoms with E-state index < -0.39 is 21.3 Å². The van der Waals surface area contributed by atoms with Crippen molar-refractivity contribution in [2.45, 2.75) is 64.5 Å². The van der Waals surface area contributed by atoms with Crippen LogP contribution in [-0.4, -0.2) is 31.2 Å². The molecule has 0 saturated heterocycles. The smallest absolute Gasteiger partial charge is 0.277 e. The van der Waals surface area contributed by atoms with Crippen molar-refractivity contribution in [2.75, 3.05) is 6.54 Å². The first kappa shape index (κ1) is 15.9. The molecule has 0 aromatic rings. The van der Waals surface area contributed by atoms with Crippen molar-refractivity contribution in [2.24, 2.45) is 5.92 Å². The lowest BCUT2D eigenvalue weighted by atomic mass is 9.79. The molecule has 5 nitrogen and oxygen atoms in total. The fraction of sp³-hybridized carbons (Fsp3) is 1.00. The molecule has 0 aromatic heterocycles. The fourth-order valence-electron chi connectivity index (χ4n) is 2.46. The van der Waals surface area contributed by atoms with E-state index in [-0.39, 0.29) is 6.54 Å². The Morgan fingerprint density at radius 2 is 2.00 bits per heavy atom. The fourth-order valence-corrected chi connectivity index (χ4v) is 3.80. The van der Waals surface area contributed by atoms with Crippen LogP contribution < -0.4 is 9.44 Å². The van der Waals surface area contributed by atoms with Crippen LogP contribution in [0.3, 0.4) is 0 Å². The van der Waals surface area contributed by atoms with Crippen molar-refractivity contribution in [3.8, 4) is 0 Å². The van der Waals surface area contributed by atoms with Crippen LogP contribution in [0.2, 0.25) is 0 Å². The minimum Gasteiger partial charge on any atom is -0.389 e. The molecule has 108 valence electrons. The second-order valence-electron chi connectivity index (χ2n) is 6.60. The van der Waals surface area contributed by atoms with Gasteiger partial charge in [-0.3, -0.25) is 0 Å². The molecule has 1 aliphatic rings. The van der Waals surface area contributed by atoms with E-state index in [0.717, 1.165) is 12.8 Å². The number of aliphatic hydroxyl groups is 1. The zero-order valence-corrected chi connectivity index (χ0v) is 12.6. The van der Waals surface area contributed by atoms with Crippen LogP contribution in [0.25, 0.3) is 0 Å². The normalized spacial score (nSPS) is 30.4. The van der Waals surface area contributed by atoms with Gasteiger partial charge in [0.1, 0.15) is 0 Å². The quantitative estimate of drug-likeness (QED) is 0.722. The highest BCUT2D eigenvalue weighted by Gasteiger charge is 2.34. The minimum atomic E-state index is -3.55. The van der Waals surface area contributed by atoms with Crippen LogP contribution >= 0.6 is 0 Å². The summed E-state index contributed by atoms with van der Waals surface area (Å²) in [6, 6.07) is 0. The van der Waals surface area contributed by atoms with Crippen molar-refractivity contribution in [3.63, 3.8) is 0 Å². The average molecular weight is 278 g/mol. The summed E-state index contributed by atoms with van der Waals surface area (Å²) in [5.41, 5.74) is -1.42. The van der Waals surface area contributed by atoms with Crippen LogP contribution in [0.1, 0.15) is 53.4 Å². The molecule has 3 N–H and O–H groups in total. The predicted molar refractivity (Wildman–Crippen MR) is 72.4 cm³/mol. The Kier molecular flexibility index (Phi) is 4.81. The Morgan fingerprint density at radius 3 is 2.50 bits per heavy atom. The van der Waals surface area contributed by atoms with Gasteiger partial charge in [-0.1, -0.05) is 19.8 Å². The number of nitrogens with one attached hydrogen (secondary N) is 2. The molecule has 0 spiro atoms. The third-order valence-electron chi connectivity index (χ3n) is 3.10. The largest absolute Gasteiger partial charge is 0.389 e. The highest BCUT2D eigenvalue weighted by molar-refractivity contribution is 7.87. The second kappa shape index (κ2) is 5.45. The molecule has 1 rings (SSSR count). The topological polar surface area (TPSA) is 78.4 Å². The average Bonchev–Trinajstić information content (AvgIpc) is 2.11. The zero-order chi connectivity index (χ0) is 14.0. The summed E-state index contributed by atoms with van der Waals surface area (Å²) in [5.74, 6) is 0.448. The Hall–Kier alpha value is -0.170. The molecular formula is C12H26N2O3S. The molecule has 6 heteroatoms. The van der Waals surface area contributed by atoms with Gasteiger partial charge in [-0.15, -0.1) is 0 Å². The Morgan fingerprint density at radius 1 is 1.39 bits per heavy atom. The molecule has 2 unspecified atom stereocenters. The summed E-state index contributed by atoms with van der Waals surface area (Å²) in [6.45, 7) is 7.52. The van der Waals surface area contributed by atoms with Crippen molar-refractivity contribution in [1.29, 1.82) is 0 Å². The summed E-state index contributed by atoms with van der Waals surface area (Å²) in [7, 11) is -3.55. The molecule has 1 fully saturated rings. The molecule has 0 aliphatic heterocycles. The van der Waals surface area contributed by atoms with E-state index >= 15 is 0 Å². The van der Waals surface area contributed by atoms with Crippen LogP contribution in [0.5, 0.6) is 0 Å². The molecule has 0 amide bonds. The van der Waals surface area contributed by atoms with E-state index in [2.05, 4.69) is 16.4 Å². The summed E-state index contributed by atoms with van der Waals surface area (Å²) < 4.78 is 28.5. The lowest BCUT2D eigenvalue weighted by Gasteiger charge is -2.35. The third kappa shape index (κ3) is 5.65. The van der Waals surface area contributed by atoms with Gasteiger partial charge in [0.15, 0.2) is 0 Å². The van der Waals surface area contributed by atoms with Crippen molar-refractivity contribution in [3.05, 3.63) is 0 Å². The van der Waals surface area contributed by atoms with E-state index in [4.69, 9.17) is 0 Å². The van der Waals surface area contributed by atoms with Gasteiger partial charge in [-0.25, -0.2) is 0 Å². The lowest BCUT2D eigenvalue weighted by Crippen LogP contribution is -2.52. The Balaban J connectivity index is 2.54. The van der Waals surface area contributed by atoms with Crippen LogP contribution in [0, 0.1) is 5.92 Å². The Bertz CT molecular complexity index is 375. The maximum atomic E-state index is 11.8. The second-order valence-corrected chi connectivity index (χ2v) is 8.10. The molecule has 18 heavy (non-hydrogen) atoms. The molecule has 2 atom stereocenters. The van der Waals surface area contributed by atoms with E-state index in [1.54, 1.807) is 20.8 Å². The Labute approximate surface area is 111 Å². The molecule has 0 radical (unpaired) electrons. The summed E-state index contributed by atoms with van der Waals surface area (Å²) in [6.07, 6.45) is 3.38. The SMILES string of the molecule is CC1CCCC(O)(CNS(=O)(=O)NC(C)(C)C)C1. The van der Waals surface area contributed by atoms with Crippen molar-refractivity contribution < 1.29 is 13.5 Å². The number of hydrogen-bond acceptors (Lipinski definition) is 3. The lowest BCUT2D eigenvalue weighted by molar-refractivity contribution is -0.00761. The van der Waals surface area contributed by atoms with Gasteiger partial charge in [0, 0.05) is 12.1 Å². The van der Waals surface area contributed by atoms with Gasteiger partial charge in [0.2, 0.25) is 0 Å². The van der Waals surface area contributed by atoms with Gasteiger partial charge in [-0.05, 0) is 39.5 Å².